The monoisotopic (exact) mass is 461 g/mol. The van der Waals surface area contributed by atoms with Gasteiger partial charge >= 0.3 is 0 Å². The zero-order valence-corrected chi connectivity index (χ0v) is 19.1. The minimum Gasteiger partial charge on any atom is -0.324 e. The highest BCUT2D eigenvalue weighted by Gasteiger charge is 2.17. The van der Waals surface area contributed by atoms with Crippen LogP contribution >= 0.6 is 0 Å². The third kappa shape index (κ3) is 4.79. The lowest BCUT2D eigenvalue weighted by Crippen LogP contribution is -2.24. The second-order valence-corrected chi connectivity index (χ2v) is 8.12. The summed E-state index contributed by atoms with van der Waals surface area (Å²) >= 11 is 0. The van der Waals surface area contributed by atoms with E-state index in [-0.39, 0.29) is 11.8 Å². The molecule has 2 heterocycles. The average Bonchev–Trinajstić information content (AvgIpc) is 3.43. The molecular weight excluding hydrogens is 438 g/mol. The summed E-state index contributed by atoms with van der Waals surface area (Å²) in [6.45, 7) is 1.77. The van der Waals surface area contributed by atoms with Crippen LogP contribution in [0.2, 0.25) is 0 Å². The van der Waals surface area contributed by atoms with Gasteiger partial charge in [0.25, 0.3) is 5.91 Å². The highest BCUT2D eigenvalue weighted by Crippen LogP contribution is 2.26. The average molecular weight is 462 g/mol. The molecule has 0 saturated carbocycles. The minimum atomic E-state index is -0.470. The van der Waals surface area contributed by atoms with Gasteiger partial charge in [-0.05, 0) is 43.3 Å². The van der Waals surface area contributed by atoms with Crippen LogP contribution in [0.15, 0.2) is 103 Å². The maximum atomic E-state index is 13.4. The number of nitrogens with zero attached hydrogens (tertiary/aromatic N) is 3. The molecule has 1 unspecified atom stereocenters. The quantitative estimate of drug-likeness (QED) is 0.347. The molecule has 1 atom stereocenters. The molecule has 0 aliphatic heterocycles. The number of rotatable bonds is 6. The second-order valence-electron chi connectivity index (χ2n) is 8.12. The van der Waals surface area contributed by atoms with Crippen LogP contribution in [0, 0.1) is 0 Å². The highest BCUT2D eigenvalue weighted by molar-refractivity contribution is 6.13. The van der Waals surface area contributed by atoms with Crippen molar-refractivity contribution in [1.29, 1.82) is 0 Å². The Kier molecular flexibility index (Phi) is 6.05. The van der Waals surface area contributed by atoms with Gasteiger partial charge < -0.3 is 10.6 Å². The summed E-state index contributed by atoms with van der Waals surface area (Å²) in [5.74, 6) is -0.459. The molecule has 0 saturated heterocycles. The van der Waals surface area contributed by atoms with Crippen LogP contribution in [0.1, 0.15) is 23.3 Å². The Morgan fingerprint density at radius 2 is 1.57 bits per heavy atom. The van der Waals surface area contributed by atoms with Gasteiger partial charge in [-0.25, -0.2) is 4.98 Å². The molecule has 2 aromatic heterocycles. The largest absolute Gasteiger partial charge is 0.324 e. The fraction of sp³-hybridized carbons (Fsp3) is 0.0714. The first-order chi connectivity index (χ1) is 17.1. The number of aromatic nitrogens is 3. The first kappa shape index (κ1) is 22.0. The molecule has 0 aliphatic carbocycles. The summed E-state index contributed by atoms with van der Waals surface area (Å²) in [5, 5.41) is 10.7. The van der Waals surface area contributed by atoms with Gasteiger partial charge in [-0.2, -0.15) is 5.10 Å². The zero-order valence-electron chi connectivity index (χ0n) is 19.1. The van der Waals surface area contributed by atoms with Gasteiger partial charge in [0.15, 0.2) is 0 Å². The van der Waals surface area contributed by atoms with Crippen molar-refractivity contribution < 1.29 is 9.59 Å². The first-order valence-corrected chi connectivity index (χ1v) is 11.2. The van der Waals surface area contributed by atoms with Crippen LogP contribution < -0.4 is 10.6 Å². The SMILES string of the molecule is CC(C(=O)Nc1cccc(NC(=O)c2cc(-c3ccccc3)nc3ccccc23)c1)n1cccn1. The molecule has 35 heavy (non-hydrogen) atoms. The van der Waals surface area contributed by atoms with Crippen molar-refractivity contribution in [3.05, 3.63) is 109 Å². The van der Waals surface area contributed by atoms with Gasteiger partial charge in [-0.15, -0.1) is 0 Å². The number of nitrogens with one attached hydrogen (secondary N) is 2. The summed E-state index contributed by atoms with van der Waals surface area (Å²) in [6, 6.07) is 27.5. The van der Waals surface area contributed by atoms with Gasteiger partial charge in [0.2, 0.25) is 5.91 Å². The Hall–Kier alpha value is -4.78. The molecule has 0 bridgehead atoms. The molecule has 5 rings (SSSR count). The summed E-state index contributed by atoms with van der Waals surface area (Å²) in [6.07, 6.45) is 3.37. The third-order valence-electron chi connectivity index (χ3n) is 5.72. The van der Waals surface area contributed by atoms with Crippen LogP contribution in [0.3, 0.4) is 0 Å². The number of carbonyl (C=O) groups is 2. The predicted octanol–water partition coefficient (Wildman–Crippen LogP) is 5.55. The molecule has 0 fully saturated rings. The van der Waals surface area contributed by atoms with Crippen LogP contribution in [0.4, 0.5) is 11.4 Å². The molecule has 3 aromatic carbocycles. The molecule has 0 aliphatic rings. The summed E-state index contributed by atoms with van der Waals surface area (Å²) in [7, 11) is 0. The molecule has 172 valence electrons. The van der Waals surface area contributed by atoms with Gasteiger partial charge in [0.05, 0.1) is 16.8 Å². The normalized spacial score (nSPS) is 11.7. The lowest BCUT2D eigenvalue weighted by atomic mass is 10.0. The Bertz CT molecular complexity index is 1500. The molecule has 7 heteroatoms. The number of carbonyl (C=O) groups excluding carboxylic acids is 2. The van der Waals surface area contributed by atoms with Crippen molar-refractivity contribution in [3.63, 3.8) is 0 Å². The Labute approximate surface area is 202 Å². The molecule has 5 aromatic rings. The van der Waals surface area contributed by atoms with E-state index in [0.29, 0.717) is 16.9 Å². The number of anilines is 2. The topological polar surface area (TPSA) is 88.9 Å². The molecule has 7 nitrogen and oxygen atoms in total. The number of amides is 2. The number of benzene rings is 3. The second kappa shape index (κ2) is 9.61. The molecule has 2 amide bonds. The van der Waals surface area contributed by atoms with Crippen molar-refractivity contribution in [2.24, 2.45) is 0 Å². The standard InChI is InChI=1S/C28H23N5O2/c1-19(33-16-8-15-29-33)27(34)30-21-11-7-12-22(17-21)31-28(35)24-18-26(20-9-3-2-4-10-20)32-25-14-6-5-13-23(24)25/h2-19H,1H3,(H,30,34)(H,31,35). The summed E-state index contributed by atoms with van der Waals surface area (Å²) in [5.41, 5.74) is 4.08. The maximum absolute atomic E-state index is 13.4. The van der Waals surface area contributed by atoms with Gasteiger partial charge in [0.1, 0.15) is 6.04 Å². The van der Waals surface area contributed by atoms with Crippen LogP contribution in [0.5, 0.6) is 0 Å². The number of para-hydroxylation sites is 1. The Morgan fingerprint density at radius 1 is 0.829 bits per heavy atom. The van der Waals surface area contributed by atoms with E-state index in [9.17, 15) is 9.59 Å². The van der Waals surface area contributed by atoms with Crippen molar-refractivity contribution in [2.45, 2.75) is 13.0 Å². The van der Waals surface area contributed by atoms with Crippen molar-refractivity contribution >= 4 is 34.1 Å². The molecule has 2 N–H and O–H groups in total. The van der Waals surface area contributed by atoms with E-state index in [1.54, 1.807) is 54.3 Å². The fourth-order valence-corrected chi connectivity index (χ4v) is 3.87. The van der Waals surface area contributed by atoms with E-state index in [0.717, 1.165) is 22.2 Å². The fourth-order valence-electron chi connectivity index (χ4n) is 3.87. The van der Waals surface area contributed by atoms with E-state index >= 15 is 0 Å². The van der Waals surface area contributed by atoms with E-state index in [1.165, 1.54) is 0 Å². The number of pyridine rings is 1. The number of fused-ring (bicyclic) bond motifs is 1. The molecule has 0 radical (unpaired) electrons. The van der Waals surface area contributed by atoms with Crippen molar-refractivity contribution in [2.75, 3.05) is 10.6 Å². The number of hydrogen-bond acceptors (Lipinski definition) is 4. The molecular formula is C28H23N5O2. The third-order valence-corrected chi connectivity index (χ3v) is 5.72. The lowest BCUT2D eigenvalue weighted by molar-refractivity contribution is -0.119. The van der Waals surface area contributed by atoms with Crippen LogP contribution in [0.25, 0.3) is 22.2 Å². The minimum absolute atomic E-state index is 0.204. The van der Waals surface area contributed by atoms with E-state index in [4.69, 9.17) is 4.98 Å². The smallest absolute Gasteiger partial charge is 0.256 e. The van der Waals surface area contributed by atoms with E-state index in [1.807, 2.05) is 60.7 Å². The molecule has 0 spiro atoms. The Morgan fingerprint density at radius 3 is 2.34 bits per heavy atom. The summed E-state index contributed by atoms with van der Waals surface area (Å²) < 4.78 is 1.58. The van der Waals surface area contributed by atoms with E-state index < -0.39 is 6.04 Å². The van der Waals surface area contributed by atoms with Gasteiger partial charge in [0, 0.05) is 34.7 Å². The summed E-state index contributed by atoms with van der Waals surface area (Å²) in [4.78, 5) is 30.7. The van der Waals surface area contributed by atoms with Gasteiger partial charge in [-0.1, -0.05) is 54.6 Å². The van der Waals surface area contributed by atoms with Gasteiger partial charge in [-0.3, -0.25) is 14.3 Å². The van der Waals surface area contributed by atoms with Crippen LogP contribution in [-0.2, 0) is 4.79 Å². The zero-order chi connectivity index (χ0) is 24.2. The number of hydrogen-bond donors (Lipinski definition) is 2. The first-order valence-electron chi connectivity index (χ1n) is 11.2. The predicted molar refractivity (Wildman–Crippen MR) is 137 cm³/mol. The Balaban J connectivity index is 1.40. The van der Waals surface area contributed by atoms with Crippen LogP contribution in [-0.4, -0.2) is 26.6 Å². The lowest BCUT2D eigenvalue weighted by Gasteiger charge is -2.14. The van der Waals surface area contributed by atoms with E-state index in [2.05, 4.69) is 15.7 Å². The van der Waals surface area contributed by atoms with Crippen molar-refractivity contribution in [3.8, 4) is 11.3 Å². The van der Waals surface area contributed by atoms with Crippen molar-refractivity contribution in [1.82, 2.24) is 14.8 Å². The maximum Gasteiger partial charge on any atom is 0.256 e. The highest BCUT2D eigenvalue weighted by atomic mass is 16.2.